The molecule has 4 aromatic carbocycles. The predicted octanol–water partition coefficient (Wildman–Crippen LogP) is 9.75. The van der Waals surface area contributed by atoms with Crippen molar-refractivity contribution >= 4 is 22.2 Å². The Balaban J connectivity index is 1.14. The first-order valence-corrected chi connectivity index (χ1v) is 23.1. The highest BCUT2D eigenvalue weighted by Gasteiger charge is 2.55. The summed E-state index contributed by atoms with van der Waals surface area (Å²) in [7, 11) is 0. The third kappa shape index (κ3) is 9.84. The zero-order valence-corrected chi connectivity index (χ0v) is 37.0. The fourth-order valence-corrected chi connectivity index (χ4v) is 10.6. The van der Waals surface area contributed by atoms with Gasteiger partial charge in [-0.2, -0.15) is 0 Å². The molecule has 4 atom stereocenters. The van der Waals surface area contributed by atoms with E-state index in [1.54, 1.807) is 24.3 Å². The van der Waals surface area contributed by atoms with Gasteiger partial charge in [0.25, 0.3) is 0 Å². The maximum Gasteiger partial charge on any atom is 0.200 e. The maximum atomic E-state index is 15.4. The summed E-state index contributed by atoms with van der Waals surface area (Å²) < 4.78 is 11.8. The van der Waals surface area contributed by atoms with Gasteiger partial charge in [0.15, 0.2) is 23.0 Å². The van der Waals surface area contributed by atoms with Crippen LogP contribution in [0.1, 0.15) is 87.6 Å². The van der Waals surface area contributed by atoms with Crippen molar-refractivity contribution in [2.45, 2.75) is 97.0 Å². The molecule has 5 aromatic rings. The van der Waals surface area contributed by atoms with Crippen LogP contribution in [0.5, 0.6) is 34.5 Å². The summed E-state index contributed by atoms with van der Waals surface area (Å²) >= 11 is 0. The molecule has 1 saturated carbocycles. The van der Waals surface area contributed by atoms with Gasteiger partial charge >= 0.3 is 0 Å². The van der Waals surface area contributed by atoms with Crippen LogP contribution < -0.4 is 20.1 Å². The van der Waals surface area contributed by atoms with Gasteiger partial charge in [-0.05, 0) is 164 Å². The number of anilines is 1. The van der Waals surface area contributed by atoms with Crippen molar-refractivity contribution < 1.29 is 39.8 Å². The first-order chi connectivity index (χ1) is 31.0. The van der Waals surface area contributed by atoms with Crippen LogP contribution in [0.3, 0.4) is 0 Å². The van der Waals surface area contributed by atoms with E-state index in [-0.39, 0.29) is 53.3 Å². The molecular weight excluding hydrogens is 807 g/mol. The quantitative estimate of drug-likeness (QED) is 0.0295. The molecule has 11 heteroatoms. The number of benzene rings is 4. The fourth-order valence-electron chi connectivity index (χ4n) is 10.6. The molecule has 0 spiro atoms. The number of phenolic OH excluding ortho intramolecular Hbond substituents is 4. The molecule has 8 rings (SSSR count). The summed E-state index contributed by atoms with van der Waals surface area (Å²) in [6, 6.07) is 22.2. The number of ether oxygens (including phenoxy) is 2. The summed E-state index contributed by atoms with van der Waals surface area (Å²) in [6.07, 6.45) is 13.0. The lowest BCUT2D eigenvalue weighted by Crippen LogP contribution is -2.48. The fraction of sp³-hybridized carbons (Fsp3) is 0.415. The van der Waals surface area contributed by atoms with Crippen molar-refractivity contribution in [1.29, 1.82) is 0 Å². The Bertz CT molecular complexity index is 2490. The molecule has 2 aliphatic heterocycles. The molecule has 3 aliphatic rings. The Kier molecular flexibility index (Phi) is 13.8. The number of aryl methyl sites for hydroxylation is 2. The molecular formula is C53H63N3O8. The minimum atomic E-state index is -1.02. The molecule has 0 saturated heterocycles. The highest BCUT2D eigenvalue weighted by Crippen LogP contribution is 2.58. The summed E-state index contributed by atoms with van der Waals surface area (Å²) in [5.74, 6) is 0.893. The number of hydrogen-bond donors (Lipinski definition) is 8. The Labute approximate surface area is 375 Å². The number of nitrogens with one attached hydrogen (secondary N) is 3. The highest BCUT2D eigenvalue weighted by molar-refractivity contribution is 5.87. The number of phenols is 4. The molecule has 64 heavy (non-hydrogen) atoms. The van der Waals surface area contributed by atoms with Crippen molar-refractivity contribution in [3.05, 3.63) is 125 Å². The Morgan fingerprint density at radius 2 is 1.80 bits per heavy atom. The summed E-state index contributed by atoms with van der Waals surface area (Å²) in [5, 5.41) is 64.0. The maximum absolute atomic E-state index is 15.4. The number of hydrogen-bond acceptors (Lipinski definition) is 10. The summed E-state index contributed by atoms with van der Waals surface area (Å²) in [5.41, 5.74) is 4.84. The number of fused-ring (bicyclic) bond motifs is 2. The van der Waals surface area contributed by atoms with E-state index in [2.05, 4.69) is 47.7 Å². The second-order valence-electron chi connectivity index (χ2n) is 18.4. The minimum Gasteiger partial charge on any atom is -0.508 e. The molecule has 1 fully saturated rings. The lowest BCUT2D eigenvalue weighted by atomic mass is 9.58. The highest BCUT2D eigenvalue weighted by atomic mass is 16.5. The smallest absolute Gasteiger partial charge is 0.200 e. The minimum absolute atomic E-state index is 0.0170. The van der Waals surface area contributed by atoms with Gasteiger partial charge in [-0.15, -0.1) is 0 Å². The standard InChI is InChI=1S/C53H63N3O8/c1-33(2)7-5-25-63-48-28-34(27-47(61)51(48)62)11-18-44(58)50(45(59)19-14-35-15-20-46(60)52-43(35)10-6-26-64-52)53(22-3-8-38(53)31-40-9-4-23-54-40)39-21-24-55-49(32-39)56-41-16-12-37-30-42(57)17-13-36(37)29-41/h4,9,12-13,15-17,20-21,23,27-30,32-33,38,45,50,54-57,59-62H,3,5-8,10-11,14,18-19,22,24-26,31H2,1-2H3/t38-,45+,50+,53-/m0/s1. The zero-order valence-electron chi connectivity index (χ0n) is 37.0. The van der Waals surface area contributed by atoms with Crippen LogP contribution in [0.2, 0.25) is 0 Å². The first-order valence-electron chi connectivity index (χ1n) is 23.1. The number of Topliss-reactive ketones (excluding diaryl/α,β-unsaturated/α-hetero) is 1. The number of carbonyl (C=O) groups is 1. The SMILES string of the molecule is CC(C)CCCOc1cc(CCC(=O)[C@H]([C@H](O)CCc2ccc(O)c3c2CCCO3)[C@@]2(C3=CCNC(Nc4ccc5cc(O)ccc5c4)=C3)CCC[C@H]2Cc2ccc[nH]2)cc(O)c1O. The number of aliphatic hydroxyl groups is 1. The largest absolute Gasteiger partial charge is 0.508 e. The predicted molar refractivity (Wildman–Crippen MR) is 250 cm³/mol. The van der Waals surface area contributed by atoms with Gasteiger partial charge in [0.1, 0.15) is 17.4 Å². The molecule has 0 unspecified atom stereocenters. The molecule has 1 aromatic heterocycles. The zero-order chi connectivity index (χ0) is 44.8. The van der Waals surface area contributed by atoms with E-state index in [9.17, 15) is 25.5 Å². The van der Waals surface area contributed by atoms with Crippen molar-refractivity contribution in [2.75, 3.05) is 25.1 Å². The number of dihydropyridines is 1. The Morgan fingerprint density at radius 1 is 0.953 bits per heavy atom. The number of carbonyl (C=O) groups excluding carboxylic acids is 1. The molecule has 0 amide bonds. The van der Waals surface area contributed by atoms with Crippen LogP contribution in [-0.4, -0.2) is 62.2 Å². The number of rotatable bonds is 19. The van der Waals surface area contributed by atoms with Gasteiger partial charge in [0.05, 0.1) is 25.2 Å². The number of aromatic nitrogens is 1. The molecule has 1 aliphatic carbocycles. The molecule has 8 N–H and O–H groups in total. The summed E-state index contributed by atoms with van der Waals surface area (Å²) in [4.78, 5) is 18.8. The van der Waals surface area contributed by atoms with E-state index < -0.39 is 17.4 Å². The van der Waals surface area contributed by atoms with Gasteiger partial charge in [-0.1, -0.05) is 44.5 Å². The van der Waals surface area contributed by atoms with Crippen LogP contribution in [0.15, 0.2) is 103 Å². The van der Waals surface area contributed by atoms with Crippen LogP contribution in [0.25, 0.3) is 10.8 Å². The van der Waals surface area contributed by atoms with Gasteiger partial charge in [-0.25, -0.2) is 0 Å². The summed E-state index contributed by atoms with van der Waals surface area (Å²) in [6.45, 7) is 5.75. The number of allylic oxidation sites excluding steroid dienone is 2. The van der Waals surface area contributed by atoms with Crippen LogP contribution in [0, 0.1) is 23.2 Å². The number of H-pyrrole nitrogens is 1. The van der Waals surface area contributed by atoms with Crippen molar-refractivity contribution in [3.63, 3.8) is 0 Å². The second kappa shape index (κ2) is 19.8. The average molecular weight is 870 g/mol. The van der Waals surface area contributed by atoms with Crippen LogP contribution in [-0.2, 0) is 30.5 Å². The van der Waals surface area contributed by atoms with E-state index in [0.717, 1.165) is 83.2 Å². The van der Waals surface area contributed by atoms with Gasteiger partial charge in [0.2, 0.25) is 5.75 Å². The molecule has 0 radical (unpaired) electrons. The number of aliphatic hydroxyl groups excluding tert-OH is 1. The van der Waals surface area contributed by atoms with Crippen molar-refractivity contribution in [2.24, 2.45) is 23.2 Å². The topological polar surface area (TPSA) is 177 Å². The van der Waals surface area contributed by atoms with Crippen molar-refractivity contribution in [3.8, 4) is 34.5 Å². The number of ketones is 1. The normalized spacial score (nSPS) is 19.3. The van der Waals surface area contributed by atoms with Crippen LogP contribution >= 0.6 is 0 Å². The average Bonchev–Trinajstić information content (AvgIpc) is 3.97. The Morgan fingerprint density at radius 3 is 2.62 bits per heavy atom. The van der Waals surface area contributed by atoms with E-state index in [1.807, 2.05) is 42.6 Å². The van der Waals surface area contributed by atoms with Gasteiger partial charge < -0.3 is 50.6 Å². The van der Waals surface area contributed by atoms with E-state index in [4.69, 9.17) is 9.47 Å². The number of aromatic hydroxyl groups is 4. The van der Waals surface area contributed by atoms with Crippen LogP contribution in [0.4, 0.5) is 5.69 Å². The lowest BCUT2D eigenvalue weighted by Gasteiger charge is -2.46. The second-order valence-corrected chi connectivity index (χ2v) is 18.4. The lowest BCUT2D eigenvalue weighted by molar-refractivity contribution is -0.133. The molecule has 11 nitrogen and oxygen atoms in total. The van der Waals surface area contributed by atoms with Crippen molar-refractivity contribution in [1.82, 2.24) is 10.3 Å². The van der Waals surface area contributed by atoms with E-state index in [0.29, 0.717) is 62.7 Å². The molecule has 0 bridgehead atoms. The monoisotopic (exact) mass is 869 g/mol. The van der Waals surface area contributed by atoms with Gasteiger partial charge in [-0.3, -0.25) is 4.79 Å². The molecule has 3 heterocycles. The van der Waals surface area contributed by atoms with E-state index >= 15 is 4.79 Å². The first kappa shape index (κ1) is 44.5. The van der Waals surface area contributed by atoms with Gasteiger partial charge in [0, 0.05) is 41.5 Å². The van der Waals surface area contributed by atoms with E-state index in [1.165, 1.54) is 6.07 Å². The third-order valence-electron chi connectivity index (χ3n) is 13.7. The number of aromatic amines is 1. The molecule has 338 valence electrons. The Hall–Kier alpha value is -6.07. The third-order valence-corrected chi connectivity index (χ3v) is 13.7.